The van der Waals surface area contributed by atoms with Gasteiger partial charge in [0.05, 0.1) is 5.69 Å². The van der Waals surface area contributed by atoms with Gasteiger partial charge in [-0.1, -0.05) is 78.4 Å². The van der Waals surface area contributed by atoms with Crippen molar-refractivity contribution in [1.82, 2.24) is 5.32 Å². The van der Waals surface area contributed by atoms with Crippen molar-refractivity contribution in [3.63, 3.8) is 0 Å². The highest BCUT2D eigenvalue weighted by Crippen LogP contribution is 2.31. The second-order valence-corrected chi connectivity index (χ2v) is 8.27. The van der Waals surface area contributed by atoms with Crippen molar-refractivity contribution in [2.75, 3.05) is 4.90 Å². The van der Waals surface area contributed by atoms with Gasteiger partial charge in [0.15, 0.2) is 0 Å². The number of barbiturate groups is 1. The number of rotatable bonds is 5. The van der Waals surface area contributed by atoms with E-state index in [0.29, 0.717) is 23.6 Å². The molecule has 0 bridgehead atoms. The van der Waals surface area contributed by atoms with E-state index < -0.39 is 17.8 Å². The Hall–Kier alpha value is -4.71. The zero-order chi connectivity index (χ0) is 24.4. The number of ether oxygens (including phenoxy) is 1. The fourth-order valence-corrected chi connectivity index (χ4v) is 4.02. The highest BCUT2D eigenvalue weighted by atomic mass is 16.5. The van der Waals surface area contributed by atoms with Crippen LogP contribution in [0.1, 0.15) is 16.7 Å². The van der Waals surface area contributed by atoms with E-state index in [-0.39, 0.29) is 5.57 Å². The van der Waals surface area contributed by atoms with Gasteiger partial charge in [0, 0.05) is 5.39 Å². The Bertz CT molecular complexity index is 1470. The van der Waals surface area contributed by atoms with Gasteiger partial charge in [-0.3, -0.25) is 14.9 Å². The second-order valence-electron chi connectivity index (χ2n) is 8.27. The Labute approximate surface area is 202 Å². The minimum Gasteiger partial charge on any atom is -0.488 e. The molecule has 1 heterocycles. The van der Waals surface area contributed by atoms with Gasteiger partial charge >= 0.3 is 6.03 Å². The fraction of sp³-hybridized carbons (Fsp3) is 0.0690. The van der Waals surface area contributed by atoms with E-state index in [0.717, 1.165) is 26.8 Å². The number of hydrogen-bond acceptors (Lipinski definition) is 4. The van der Waals surface area contributed by atoms with E-state index in [4.69, 9.17) is 4.74 Å². The molecule has 5 rings (SSSR count). The Balaban J connectivity index is 1.51. The van der Waals surface area contributed by atoms with Gasteiger partial charge in [0.25, 0.3) is 11.8 Å². The summed E-state index contributed by atoms with van der Waals surface area (Å²) in [6.07, 6.45) is 1.52. The van der Waals surface area contributed by atoms with E-state index in [1.165, 1.54) is 6.08 Å². The Morgan fingerprint density at radius 2 is 1.49 bits per heavy atom. The number of hydrogen-bond donors (Lipinski definition) is 1. The molecule has 172 valence electrons. The number of benzene rings is 4. The highest BCUT2D eigenvalue weighted by Gasteiger charge is 2.36. The zero-order valence-corrected chi connectivity index (χ0v) is 19.0. The van der Waals surface area contributed by atoms with E-state index in [9.17, 15) is 14.4 Å². The van der Waals surface area contributed by atoms with E-state index in [1.807, 2.05) is 73.7 Å². The smallest absolute Gasteiger partial charge is 0.335 e. The van der Waals surface area contributed by atoms with E-state index >= 15 is 0 Å². The monoisotopic (exact) mass is 462 g/mol. The van der Waals surface area contributed by atoms with Crippen molar-refractivity contribution in [1.29, 1.82) is 0 Å². The summed E-state index contributed by atoms with van der Waals surface area (Å²) < 4.78 is 6.07. The SMILES string of the molecule is Cc1ccc(N2C(=O)NC(=O)/C(=C\c3ccc(OCc4ccccc4)c4ccccc34)C2=O)cc1. The second kappa shape index (κ2) is 9.27. The van der Waals surface area contributed by atoms with Crippen LogP contribution in [0.15, 0.2) is 96.6 Å². The Kier molecular flexibility index (Phi) is 5.85. The summed E-state index contributed by atoms with van der Waals surface area (Å²) in [4.78, 5) is 39.3. The molecule has 4 aromatic carbocycles. The van der Waals surface area contributed by atoms with Crippen molar-refractivity contribution in [2.45, 2.75) is 13.5 Å². The maximum Gasteiger partial charge on any atom is 0.335 e. The maximum absolute atomic E-state index is 13.2. The summed E-state index contributed by atoms with van der Waals surface area (Å²) in [6.45, 7) is 2.33. The normalized spacial score (nSPS) is 14.9. The van der Waals surface area contributed by atoms with Gasteiger partial charge in [0.1, 0.15) is 17.9 Å². The van der Waals surface area contributed by atoms with Crippen molar-refractivity contribution < 1.29 is 19.1 Å². The third kappa shape index (κ3) is 4.42. The van der Waals surface area contributed by atoms with Crippen molar-refractivity contribution in [3.05, 3.63) is 113 Å². The number of nitrogens with one attached hydrogen (secondary N) is 1. The molecule has 0 atom stereocenters. The molecule has 0 aromatic heterocycles. The summed E-state index contributed by atoms with van der Waals surface area (Å²) in [5.41, 5.74) is 2.99. The van der Waals surface area contributed by atoms with Crippen molar-refractivity contribution >= 4 is 40.4 Å². The average Bonchev–Trinajstić information content (AvgIpc) is 2.87. The van der Waals surface area contributed by atoms with E-state index in [1.54, 1.807) is 24.3 Å². The van der Waals surface area contributed by atoms with Gasteiger partial charge in [-0.2, -0.15) is 0 Å². The molecule has 0 unspecified atom stereocenters. The van der Waals surface area contributed by atoms with Crippen LogP contribution >= 0.6 is 0 Å². The van der Waals surface area contributed by atoms with Crippen LogP contribution in [0.4, 0.5) is 10.5 Å². The molecule has 4 aromatic rings. The molecule has 4 amide bonds. The number of anilines is 1. The summed E-state index contributed by atoms with van der Waals surface area (Å²) in [5, 5.41) is 3.95. The van der Waals surface area contributed by atoms with Crippen LogP contribution in [0.3, 0.4) is 0 Å². The molecule has 1 aliphatic heterocycles. The Morgan fingerprint density at radius 3 is 2.23 bits per heavy atom. The molecule has 1 aliphatic rings. The van der Waals surface area contributed by atoms with Crippen LogP contribution in [0.2, 0.25) is 0 Å². The summed E-state index contributed by atoms with van der Waals surface area (Å²) in [7, 11) is 0. The van der Waals surface area contributed by atoms with Crippen LogP contribution in [-0.4, -0.2) is 17.8 Å². The first-order valence-electron chi connectivity index (χ1n) is 11.2. The Morgan fingerprint density at radius 1 is 0.800 bits per heavy atom. The number of imide groups is 2. The highest BCUT2D eigenvalue weighted by molar-refractivity contribution is 6.39. The molecule has 35 heavy (non-hydrogen) atoms. The lowest BCUT2D eigenvalue weighted by molar-refractivity contribution is -0.122. The lowest BCUT2D eigenvalue weighted by atomic mass is 10.00. The van der Waals surface area contributed by atoms with Crippen molar-refractivity contribution in [3.8, 4) is 5.75 Å². The minimum atomic E-state index is -0.768. The van der Waals surface area contributed by atoms with Gasteiger partial charge in [-0.15, -0.1) is 0 Å². The lowest BCUT2D eigenvalue weighted by Crippen LogP contribution is -2.54. The van der Waals surface area contributed by atoms with Crippen LogP contribution in [0.25, 0.3) is 16.8 Å². The average molecular weight is 463 g/mol. The molecule has 1 fully saturated rings. The topological polar surface area (TPSA) is 75.7 Å². The van der Waals surface area contributed by atoms with Gasteiger partial charge in [-0.25, -0.2) is 9.69 Å². The molecular weight excluding hydrogens is 440 g/mol. The largest absolute Gasteiger partial charge is 0.488 e. The number of nitrogens with zero attached hydrogens (tertiary/aromatic N) is 1. The quantitative estimate of drug-likeness (QED) is 0.319. The summed E-state index contributed by atoms with van der Waals surface area (Å²) >= 11 is 0. The number of amides is 4. The van der Waals surface area contributed by atoms with Gasteiger partial charge in [0.2, 0.25) is 0 Å². The maximum atomic E-state index is 13.2. The molecule has 0 spiro atoms. The first-order valence-corrected chi connectivity index (χ1v) is 11.2. The molecule has 1 N–H and O–H groups in total. The number of fused-ring (bicyclic) bond motifs is 1. The van der Waals surface area contributed by atoms with Crippen LogP contribution in [0, 0.1) is 6.92 Å². The van der Waals surface area contributed by atoms with Crippen LogP contribution in [0.5, 0.6) is 5.75 Å². The molecule has 0 saturated carbocycles. The minimum absolute atomic E-state index is 0.117. The molecule has 1 saturated heterocycles. The molecule has 0 aliphatic carbocycles. The third-order valence-electron chi connectivity index (χ3n) is 5.85. The predicted octanol–water partition coefficient (Wildman–Crippen LogP) is 5.39. The summed E-state index contributed by atoms with van der Waals surface area (Å²) in [6, 6.07) is 27.3. The predicted molar refractivity (Wildman–Crippen MR) is 135 cm³/mol. The number of urea groups is 1. The van der Waals surface area contributed by atoms with Crippen LogP contribution < -0.4 is 15.0 Å². The van der Waals surface area contributed by atoms with Crippen LogP contribution in [-0.2, 0) is 16.2 Å². The molecular formula is C29H22N2O4. The van der Waals surface area contributed by atoms with Gasteiger partial charge in [-0.05, 0) is 47.7 Å². The molecule has 0 radical (unpaired) electrons. The fourth-order valence-electron chi connectivity index (χ4n) is 4.02. The number of carbonyl (C=O) groups excluding carboxylic acids is 3. The first kappa shape index (κ1) is 22.1. The van der Waals surface area contributed by atoms with E-state index in [2.05, 4.69) is 5.32 Å². The third-order valence-corrected chi connectivity index (χ3v) is 5.85. The number of aryl methyl sites for hydroxylation is 1. The molecule has 6 nitrogen and oxygen atoms in total. The van der Waals surface area contributed by atoms with Crippen molar-refractivity contribution in [2.24, 2.45) is 0 Å². The first-order chi connectivity index (χ1) is 17.0. The summed E-state index contributed by atoms with van der Waals surface area (Å²) in [5.74, 6) is -0.699. The molecule has 6 heteroatoms. The zero-order valence-electron chi connectivity index (χ0n) is 19.0. The standard InChI is InChI=1S/C29H22N2O4/c1-19-11-14-22(15-12-19)31-28(33)25(27(32)30-29(31)34)17-21-13-16-26(24-10-6-5-9-23(21)24)35-18-20-7-3-2-4-8-20/h2-17H,18H2,1H3,(H,30,32,34)/b25-17+. The number of carbonyl (C=O) groups is 3. The van der Waals surface area contributed by atoms with Gasteiger partial charge < -0.3 is 4.74 Å². The lowest BCUT2D eigenvalue weighted by Gasteiger charge is -2.26.